The van der Waals surface area contributed by atoms with Gasteiger partial charge in [0.05, 0.1) is 0 Å². The molecule has 2 N–H and O–H groups in total. The molecule has 0 radical (unpaired) electrons. The van der Waals surface area contributed by atoms with Gasteiger partial charge in [-0.1, -0.05) is 55.3 Å². The molecule has 1 aliphatic rings. The second-order valence-electron chi connectivity index (χ2n) is 13.4. The van der Waals surface area contributed by atoms with Gasteiger partial charge in [0, 0.05) is 12.8 Å². The summed E-state index contributed by atoms with van der Waals surface area (Å²) in [6.45, 7) is 10.3. The van der Waals surface area contributed by atoms with Crippen LogP contribution in [0, 0.1) is 0 Å². The minimum absolute atomic E-state index is 0.0160. The van der Waals surface area contributed by atoms with Gasteiger partial charge in [-0.2, -0.15) is 0 Å². The fourth-order valence-corrected chi connectivity index (χ4v) is 5.08. The summed E-state index contributed by atoms with van der Waals surface area (Å²) >= 11 is 0. The maximum Gasteiger partial charge on any atom is 0.408 e. The van der Waals surface area contributed by atoms with Gasteiger partial charge in [-0.15, -0.1) is 0 Å². The summed E-state index contributed by atoms with van der Waals surface area (Å²) in [5.41, 5.74) is 0.632. The van der Waals surface area contributed by atoms with Crippen LogP contribution in [0.25, 0.3) is 0 Å². The Bertz CT molecular complexity index is 1300. The number of phenols is 1. The Morgan fingerprint density at radius 2 is 1.51 bits per heavy atom. The van der Waals surface area contributed by atoms with Crippen molar-refractivity contribution in [2.75, 3.05) is 0 Å². The van der Waals surface area contributed by atoms with Crippen molar-refractivity contribution in [3.8, 4) is 5.75 Å². The predicted molar refractivity (Wildman–Crippen MR) is 167 cm³/mol. The van der Waals surface area contributed by atoms with Crippen LogP contribution < -0.4 is 5.32 Å². The van der Waals surface area contributed by atoms with Gasteiger partial charge in [0.2, 0.25) is 6.10 Å². The third-order valence-electron chi connectivity index (χ3n) is 7.08. The number of benzene rings is 2. The van der Waals surface area contributed by atoms with Crippen LogP contribution >= 0.6 is 0 Å². The van der Waals surface area contributed by atoms with Crippen LogP contribution in [0.3, 0.4) is 0 Å². The van der Waals surface area contributed by atoms with Crippen LogP contribution in [0.15, 0.2) is 48.5 Å². The standard InChI is InChI=1S/C35H47NO9/c1-34(2,3)44-30(38)19-17-27(36-33(41)42-22-23-12-8-7-9-13-23)31(39)43-29(32(40)45-35(4,5)6)21-24-16-18-28(37)26(20-24)25-14-10-11-15-25/h7-9,12-13,16,18,20,25,27,29,37H,10-11,14-15,17,19,21-22H2,1-6H3,(H,36,41)/t27-,29-/m0/s1. The third-order valence-corrected chi connectivity index (χ3v) is 7.08. The zero-order valence-electron chi connectivity index (χ0n) is 27.2. The molecule has 0 heterocycles. The van der Waals surface area contributed by atoms with Crippen molar-refractivity contribution in [2.45, 2.75) is 122 Å². The fourth-order valence-electron chi connectivity index (χ4n) is 5.08. The van der Waals surface area contributed by atoms with Gasteiger partial charge in [0.1, 0.15) is 29.6 Å². The average molecular weight is 626 g/mol. The lowest BCUT2D eigenvalue weighted by atomic mass is 9.93. The molecule has 2 aromatic rings. The van der Waals surface area contributed by atoms with Crippen molar-refractivity contribution in [3.05, 3.63) is 65.2 Å². The molecular weight excluding hydrogens is 578 g/mol. The van der Waals surface area contributed by atoms with Gasteiger partial charge < -0.3 is 29.4 Å². The highest BCUT2D eigenvalue weighted by atomic mass is 16.6. The number of ether oxygens (including phenoxy) is 4. The first-order valence-electron chi connectivity index (χ1n) is 15.5. The highest BCUT2D eigenvalue weighted by molar-refractivity contribution is 5.85. The Hall–Kier alpha value is -4.08. The van der Waals surface area contributed by atoms with E-state index in [4.69, 9.17) is 18.9 Å². The summed E-state index contributed by atoms with van der Waals surface area (Å²) in [7, 11) is 0. The Morgan fingerprint density at radius 3 is 2.13 bits per heavy atom. The van der Waals surface area contributed by atoms with E-state index in [2.05, 4.69) is 5.32 Å². The molecule has 1 amide bonds. The zero-order valence-corrected chi connectivity index (χ0v) is 27.2. The van der Waals surface area contributed by atoms with Gasteiger partial charge >= 0.3 is 24.0 Å². The molecule has 1 fully saturated rings. The molecular formula is C35H47NO9. The number of rotatable bonds is 12. The van der Waals surface area contributed by atoms with Crippen LogP contribution in [-0.2, 0) is 46.4 Å². The topological polar surface area (TPSA) is 137 Å². The van der Waals surface area contributed by atoms with E-state index in [1.807, 2.05) is 12.1 Å². The second-order valence-corrected chi connectivity index (χ2v) is 13.4. The molecule has 0 aromatic heterocycles. The number of alkyl carbamates (subject to hydrolysis) is 1. The van der Waals surface area contributed by atoms with Gasteiger partial charge in [-0.3, -0.25) is 4.79 Å². The van der Waals surface area contributed by atoms with E-state index in [0.717, 1.165) is 36.8 Å². The summed E-state index contributed by atoms with van der Waals surface area (Å²) in [6.07, 6.45) is 1.48. The van der Waals surface area contributed by atoms with E-state index in [1.54, 1.807) is 77.9 Å². The quantitative estimate of drug-likeness (QED) is 0.207. The van der Waals surface area contributed by atoms with Crippen molar-refractivity contribution >= 4 is 24.0 Å². The van der Waals surface area contributed by atoms with Crippen LogP contribution in [-0.4, -0.2) is 52.5 Å². The van der Waals surface area contributed by atoms with Gasteiger partial charge in [-0.25, -0.2) is 14.4 Å². The predicted octanol–water partition coefficient (Wildman–Crippen LogP) is 6.26. The average Bonchev–Trinajstić information content (AvgIpc) is 3.48. The van der Waals surface area contributed by atoms with Crippen molar-refractivity contribution < 1.29 is 43.2 Å². The molecule has 3 rings (SSSR count). The number of carbonyl (C=O) groups is 4. The van der Waals surface area contributed by atoms with Crippen molar-refractivity contribution in [2.24, 2.45) is 0 Å². The second kappa shape index (κ2) is 15.8. The van der Waals surface area contributed by atoms with Crippen molar-refractivity contribution in [1.29, 1.82) is 0 Å². The first-order chi connectivity index (χ1) is 21.1. The van der Waals surface area contributed by atoms with Crippen LogP contribution in [0.2, 0.25) is 0 Å². The van der Waals surface area contributed by atoms with Crippen molar-refractivity contribution in [1.82, 2.24) is 5.32 Å². The molecule has 0 spiro atoms. The first-order valence-corrected chi connectivity index (χ1v) is 15.5. The highest BCUT2D eigenvalue weighted by Crippen LogP contribution is 2.39. The number of hydrogen-bond donors (Lipinski definition) is 2. The first kappa shape index (κ1) is 35.4. The molecule has 0 aliphatic heterocycles. The highest BCUT2D eigenvalue weighted by Gasteiger charge is 2.33. The fraction of sp³-hybridized carbons (Fsp3) is 0.543. The third kappa shape index (κ3) is 12.4. The summed E-state index contributed by atoms with van der Waals surface area (Å²) in [6, 6.07) is 12.8. The molecule has 0 bridgehead atoms. The summed E-state index contributed by atoms with van der Waals surface area (Å²) < 4.78 is 22.0. The minimum atomic E-state index is -1.36. The molecule has 2 atom stereocenters. The Kier molecular flexibility index (Phi) is 12.4. The summed E-state index contributed by atoms with van der Waals surface area (Å²) in [5, 5.41) is 13.0. The molecule has 10 heteroatoms. The van der Waals surface area contributed by atoms with E-state index < -0.39 is 47.3 Å². The normalized spacial score (nSPS) is 15.1. The lowest BCUT2D eigenvalue weighted by Gasteiger charge is -2.26. The van der Waals surface area contributed by atoms with Gasteiger partial charge in [0.15, 0.2) is 0 Å². The number of hydrogen-bond acceptors (Lipinski definition) is 9. The monoisotopic (exact) mass is 625 g/mol. The lowest BCUT2D eigenvalue weighted by molar-refractivity contribution is -0.176. The number of phenolic OH excluding ortho intramolecular Hbond substituents is 1. The van der Waals surface area contributed by atoms with E-state index in [-0.39, 0.29) is 37.5 Å². The van der Waals surface area contributed by atoms with Gasteiger partial charge in [-0.05, 0) is 89.5 Å². The molecule has 246 valence electrons. The van der Waals surface area contributed by atoms with E-state index >= 15 is 0 Å². The van der Waals surface area contributed by atoms with Crippen LogP contribution in [0.5, 0.6) is 5.75 Å². The number of esters is 3. The Balaban J connectivity index is 1.80. The zero-order chi connectivity index (χ0) is 33.2. The van der Waals surface area contributed by atoms with Gasteiger partial charge in [0.25, 0.3) is 0 Å². The maximum absolute atomic E-state index is 13.6. The molecule has 2 aromatic carbocycles. The largest absolute Gasteiger partial charge is 0.508 e. The van der Waals surface area contributed by atoms with Crippen LogP contribution in [0.4, 0.5) is 4.79 Å². The Labute approximate surface area is 265 Å². The number of nitrogens with one attached hydrogen (secondary N) is 1. The van der Waals surface area contributed by atoms with Crippen molar-refractivity contribution in [3.63, 3.8) is 0 Å². The number of aromatic hydroxyl groups is 1. The molecule has 1 saturated carbocycles. The molecule has 10 nitrogen and oxygen atoms in total. The van der Waals surface area contributed by atoms with Crippen LogP contribution in [0.1, 0.15) is 103 Å². The molecule has 0 unspecified atom stereocenters. The number of carbonyl (C=O) groups excluding carboxylic acids is 4. The number of amides is 1. The van der Waals surface area contributed by atoms with E-state index in [1.165, 1.54) is 0 Å². The smallest absolute Gasteiger partial charge is 0.408 e. The molecule has 1 aliphatic carbocycles. The lowest BCUT2D eigenvalue weighted by Crippen LogP contribution is -2.46. The summed E-state index contributed by atoms with van der Waals surface area (Å²) in [5.74, 6) is -1.84. The van der Waals surface area contributed by atoms with E-state index in [0.29, 0.717) is 5.56 Å². The molecule has 0 saturated heterocycles. The minimum Gasteiger partial charge on any atom is -0.508 e. The summed E-state index contributed by atoms with van der Waals surface area (Å²) in [4.78, 5) is 52.0. The SMILES string of the molecule is CC(C)(C)OC(=O)CC[C@H](NC(=O)OCc1ccccc1)C(=O)O[C@@H](Cc1ccc(O)c(C2CCCC2)c1)C(=O)OC(C)(C)C. The maximum atomic E-state index is 13.6. The Morgan fingerprint density at radius 1 is 0.867 bits per heavy atom. The van der Waals surface area contributed by atoms with E-state index in [9.17, 15) is 24.3 Å². The molecule has 45 heavy (non-hydrogen) atoms.